The molecule has 2 heterocycles. The van der Waals surface area contributed by atoms with Gasteiger partial charge in [-0.3, -0.25) is 4.79 Å². The van der Waals surface area contributed by atoms with Gasteiger partial charge in [0.2, 0.25) is 0 Å². The molecule has 0 atom stereocenters. The Morgan fingerprint density at radius 3 is 2.43 bits per heavy atom. The van der Waals surface area contributed by atoms with E-state index < -0.39 is 0 Å². The van der Waals surface area contributed by atoms with Gasteiger partial charge in [0, 0.05) is 32.1 Å². The van der Waals surface area contributed by atoms with E-state index in [-0.39, 0.29) is 5.54 Å². The van der Waals surface area contributed by atoms with E-state index in [1.165, 1.54) is 0 Å². The summed E-state index contributed by atoms with van der Waals surface area (Å²) in [6.07, 6.45) is 2.75. The lowest BCUT2D eigenvalue weighted by Crippen LogP contribution is -2.54. The summed E-state index contributed by atoms with van der Waals surface area (Å²) in [5.74, 6) is 0.445. The first-order chi connectivity index (χ1) is 6.64. The number of nitrogens with zero attached hydrogens (tertiary/aromatic N) is 1. The van der Waals surface area contributed by atoms with E-state index in [1.54, 1.807) is 0 Å². The van der Waals surface area contributed by atoms with Crippen LogP contribution in [0.2, 0.25) is 0 Å². The second-order valence-electron chi connectivity index (χ2n) is 4.81. The number of hydrogen-bond donors (Lipinski definition) is 1. The van der Waals surface area contributed by atoms with Gasteiger partial charge in [-0.1, -0.05) is 0 Å². The molecule has 0 radical (unpaired) electrons. The summed E-state index contributed by atoms with van der Waals surface area (Å²) in [6, 6.07) is 0.615. The molecular weight excluding hydrogens is 176 g/mol. The molecule has 2 aliphatic heterocycles. The van der Waals surface area contributed by atoms with Crippen molar-refractivity contribution < 1.29 is 4.79 Å². The summed E-state index contributed by atoms with van der Waals surface area (Å²) < 4.78 is 0. The fourth-order valence-electron chi connectivity index (χ4n) is 2.63. The van der Waals surface area contributed by atoms with Crippen LogP contribution in [0.1, 0.15) is 33.1 Å². The maximum atomic E-state index is 11.7. The van der Waals surface area contributed by atoms with Gasteiger partial charge in [-0.05, 0) is 26.7 Å². The number of hydrogen-bond acceptors (Lipinski definition) is 3. The second-order valence-corrected chi connectivity index (χ2v) is 4.81. The lowest BCUT2D eigenvalue weighted by Gasteiger charge is -2.40. The number of carbonyl (C=O) groups excluding carboxylic acids is 1. The van der Waals surface area contributed by atoms with Crippen molar-refractivity contribution in [1.82, 2.24) is 10.2 Å². The highest BCUT2D eigenvalue weighted by atomic mass is 16.1. The minimum Gasteiger partial charge on any atom is -0.304 e. The molecular formula is C11H20N2O. The number of ketones is 1. The average Bonchev–Trinajstić information content (AvgIpc) is 2.49. The van der Waals surface area contributed by atoms with Crippen molar-refractivity contribution in [3.05, 3.63) is 0 Å². The monoisotopic (exact) mass is 196 g/mol. The largest absolute Gasteiger partial charge is 0.304 e. The highest BCUT2D eigenvalue weighted by Crippen LogP contribution is 2.28. The first-order valence-corrected chi connectivity index (χ1v) is 5.66. The van der Waals surface area contributed by atoms with Crippen molar-refractivity contribution >= 4 is 5.78 Å². The van der Waals surface area contributed by atoms with E-state index in [9.17, 15) is 4.79 Å². The highest BCUT2D eigenvalue weighted by Gasteiger charge is 2.43. The summed E-state index contributed by atoms with van der Waals surface area (Å²) in [4.78, 5) is 14.2. The standard InChI is InChI=1S/C11H20N2O/c1-9(2)13-7-4-11(5-8-13)10(14)3-6-12-11/h9,12H,3-8H2,1-2H3. The lowest BCUT2D eigenvalue weighted by molar-refractivity contribution is -0.124. The van der Waals surface area contributed by atoms with Crippen molar-refractivity contribution in [3.63, 3.8) is 0 Å². The third kappa shape index (κ3) is 1.59. The quantitative estimate of drug-likeness (QED) is 0.673. The molecule has 14 heavy (non-hydrogen) atoms. The van der Waals surface area contributed by atoms with E-state index in [1.807, 2.05) is 0 Å². The Balaban J connectivity index is 1.98. The zero-order valence-corrected chi connectivity index (χ0v) is 9.18. The van der Waals surface area contributed by atoms with Crippen LogP contribution in [0.3, 0.4) is 0 Å². The maximum absolute atomic E-state index is 11.7. The van der Waals surface area contributed by atoms with Gasteiger partial charge in [0.15, 0.2) is 5.78 Å². The molecule has 3 heteroatoms. The maximum Gasteiger partial charge on any atom is 0.154 e. The molecule has 0 aromatic carbocycles. The van der Waals surface area contributed by atoms with Crippen LogP contribution in [-0.4, -0.2) is 41.9 Å². The topological polar surface area (TPSA) is 32.3 Å². The molecule has 0 aromatic rings. The smallest absolute Gasteiger partial charge is 0.154 e. The third-order valence-electron chi connectivity index (χ3n) is 3.73. The predicted molar refractivity (Wildman–Crippen MR) is 56.3 cm³/mol. The summed E-state index contributed by atoms with van der Waals surface area (Å²) >= 11 is 0. The van der Waals surface area contributed by atoms with Crippen molar-refractivity contribution in [2.75, 3.05) is 19.6 Å². The van der Waals surface area contributed by atoms with E-state index in [4.69, 9.17) is 0 Å². The van der Waals surface area contributed by atoms with Crippen molar-refractivity contribution in [2.24, 2.45) is 0 Å². The molecule has 1 N–H and O–H groups in total. The fraction of sp³-hybridized carbons (Fsp3) is 0.909. The van der Waals surface area contributed by atoms with Crippen LogP contribution in [0, 0.1) is 0 Å². The van der Waals surface area contributed by atoms with Crippen molar-refractivity contribution in [3.8, 4) is 0 Å². The Kier molecular flexibility index (Phi) is 2.62. The third-order valence-corrected chi connectivity index (χ3v) is 3.73. The van der Waals surface area contributed by atoms with Crippen molar-refractivity contribution in [1.29, 1.82) is 0 Å². The average molecular weight is 196 g/mol. The molecule has 0 saturated carbocycles. The molecule has 3 nitrogen and oxygen atoms in total. The molecule has 2 fully saturated rings. The van der Waals surface area contributed by atoms with Crippen LogP contribution in [0.4, 0.5) is 0 Å². The SMILES string of the molecule is CC(C)N1CCC2(CC1)NCCC2=O. The number of nitrogens with one attached hydrogen (secondary N) is 1. The van der Waals surface area contributed by atoms with Gasteiger partial charge in [-0.2, -0.15) is 0 Å². The van der Waals surface area contributed by atoms with E-state index in [2.05, 4.69) is 24.1 Å². The molecule has 2 aliphatic rings. The molecule has 80 valence electrons. The predicted octanol–water partition coefficient (Wildman–Crippen LogP) is 0.792. The van der Waals surface area contributed by atoms with Gasteiger partial charge in [0.05, 0.1) is 5.54 Å². The van der Waals surface area contributed by atoms with Gasteiger partial charge in [-0.15, -0.1) is 0 Å². The molecule has 1 spiro atoms. The van der Waals surface area contributed by atoms with E-state index in [0.29, 0.717) is 11.8 Å². The molecule has 2 rings (SSSR count). The molecule has 0 amide bonds. The zero-order valence-electron chi connectivity index (χ0n) is 9.18. The number of rotatable bonds is 1. The normalized spacial score (nSPS) is 27.8. The van der Waals surface area contributed by atoms with E-state index >= 15 is 0 Å². The Morgan fingerprint density at radius 1 is 1.36 bits per heavy atom. The summed E-state index contributed by atoms with van der Waals surface area (Å²) in [7, 11) is 0. The summed E-state index contributed by atoms with van der Waals surface area (Å²) in [5.41, 5.74) is -0.134. The van der Waals surface area contributed by atoms with Crippen LogP contribution in [0.5, 0.6) is 0 Å². The van der Waals surface area contributed by atoms with Gasteiger partial charge in [0.1, 0.15) is 0 Å². The Bertz CT molecular complexity index is 229. The number of carbonyl (C=O) groups is 1. The summed E-state index contributed by atoms with van der Waals surface area (Å²) in [6.45, 7) is 7.47. The first-order valence-electron chi connectivity index (χ1n) is 5.66. The Hall–Kier alpha value is -0.410. The second kappa shape index (κ2) is 3.63. The van der Waals surface area contributed by atoms with Gasteiger partial charge in [0.25, 0.3) is 0 Å². The minimum absolute atomic E-state index is 0.134. The number of Topliss-reactive ketones (excluding diaryl/α,β-unsaturated/α-hetero) is 1. The van der Waals surface area contributed by atoms with Crippen LogP contribution in [0.15, 0.2) is 0 Å². The highest BCUT2D eigenvalue weighted by molar-refractivity contribution is 5.90. The lowest BCUT2D eigenvalue weighted by atomic mass is 9.85. The van der Waals surface area contributed by atoms with Crippen LogP contribution >= 0.6 is 0 Å². The van der Waals surface area contributed by atoms with Crippen LogP contribution in [-0.2, 0) is 4.79 Å². The molecule has 0 aliphatic carbocycles. The van der Waals surface area contributed by atoms with E-state index in [0.717, 1.165) is 38.9 Å². The Labute approximate surface area is 85.8 Å². The molecule has 0 aromatic heterocycles. The van der Waals surface area contributed by atoms with Crippen molar-refractivity contribution in [2.45, 2.75) is 44.7 Å². The fourth-order valence-corrected chi connectivity index (χ4v) is 2.63. The molecule has 0 unspecified atom stereocenters. The summed E-state index contributed by atoms with van der Waals surface area (Å²) in [5, 5.41) is 3.40. The van der Waals surface area contributed by atoms with Gasteiger partial charge >= 0.3 is 0 Å². The van der Waals surface area contributed by atoms with Crippen LogP contribution in [0.25, 0.3) is 0 Å². The number of piperidine rings is 1. The number of likely N-dealkylation sites (tertiary alicyclic amines) is 1. The Morgan fingerprint density at radius 2 is 2.00 bits per heavy atom. The van der Waals surface area contributed by atoms with Crippen LogP contribution < -0.4 is 5.32 Å². The van der Waals surface area contributed by atoms with Gasteiger partial charge in [-0.25, -0.2) is 0 Å². The zero-order chi connectivity index (χ0) is 10.2. The van der Waals surface area contributed by atoms with Gasteiger partial charge < -0.3 is 10.2 Å². The first kappa shape index (κ1) is 10.1. The minimum atomic E-state index is -0.134. The molecule has 0 bridgehead atoms. The molecule has 2 saturated heterocycles.